The van der Waals surface area contributed by atoms with Gasteiger partial charge in [0.25, 0.3) is 0 Å². The van der Waals surface area contributed by atoms with Crippen LogP contribution in [0, 0.1) is 5.92 Å². The number of carboxylic acids is 1. The molecule has 1 atom stereocenters. The quantitative estimate of drug-likeness (QED) is 0.922. The Bertz CT molecular complexity index is 531. The largest absolute Gasteiger partial charge is 0.481 e. The fraction of sp³-hybridized carbons (Fsp3) is 0.385. The molecule has 19 heavy (non-hydrogen) atoms. The van der Waals surface area contributed by atoms with Crippen LogP contribution in [0.1, 0.15) is 6.42 Å². The van der Waals surface area contributed by atoms with Crippen LogP contribution in [-0.4, -0.2) is 37.6 Å². The number of nitrogens with zero attached hydrogens (tertiary/aromatic N) is 2. The molecule has 2 rings (SSSR count). The average Bonchev–Trinajstić information content (AvgIpc) is 2.71. The standard InChI is InChI=1S/C13H15BrN2O3/c1-15(2)10-4-3-9(14)6-11(10)16-7-8(13(18)19)5-12(16)17/h3-4,6,8H,5,7H2,1-2H3,(H,18,19). The minimum atomic E-state index is -0.919. The molecule has 5 nitrogen and oxygen atoms in total. The molecular weight excluding hydrogens is 312 g/mol. The van der Waals surface area contributed by atoms with Gasteiger partial charge in [0.05, 0.1) is 17.3 Å². The summed E-state index contributed by atoms with van der Waals surface area (Å²) in [6.07, 6.45) is 0.0642. The molecular formula is C13H15BrN2O3. The second kappa shape index (κ2) is 5.21. The molecule has 1 heterocycles. The van der Waals surface area contributed by atoms with Gasteiger partial charge in [0, 0.05) is 31.5 Å². The molecule has 1 aromatic rings. The van der Waals surface area contributed by atoms with Crippen LogP contribution in [0.5, 0.6) is 0 Å². The van der Waals surface area contributed by atoms with Gasteiger partial charge in [-0.2, -0.15) is 0 Å². The molecule has 1 aliphatic rings. The van der Waals surface area contributed by atoms with Crippen molar-refractivity contribution in [3.05, 3.63) is 22.7 Å². The summed E-state index contributed by atoms with van der Waals surface area (Å²) in [4.78, 5) is 26.5. The molecule has 0 aromatic heterocycles. The third-order valence-corrected chi connectivity index (χ3v) is 3.68. The topological polar surface area (TPSA) is 60.9 Å². The van der Waals surface area contributed by atoms with Crippen LogP contribution in [0.25, 0.3) is 0 Å². The summed E-state index contributed by atoms with van der Waals surface area (Å²) in [7, 11) is 3.78. The lowest BCUT2D eigenvalue weighted by Crippen LogP contribution is -2.27. The molecule has 1 N–H and O–H groups in total. The first-order valence-electron chi connectivity index (χ1n) is 5.90. The first kappa shape index (κ1) is 13.9. The van der Waals surface area contributed by atoms with Crippen LogP contribution in [-0.2, 0) is 9.59 Å². The molecule has 1 fully saturated rings. The molecule has 1 aliphatic heterocycles. The van der Waals surface area contributed by atoms with Crippen LogP contribution in [0.4, 0.5) is 11.4 Å². The van der Waals surface area contributed by atoms with Gasteiger partial charge >= 0.3 is 5.97 Å². The first-order chi connectivity index (χ1) is 8.90. The monoisotopic (exact) mass is 326 g/mol. The number of carbonyl (C=O) groups is 2. The Labute approximate surface area is 119 Å². The minimum absolute atomic E-state index is 0.0642. The number of hydrogen-bond donors (Lipinski definition) is 1. The van der Waals surface area contributed by atoms with Gasteiger partial charge in [0.15, 0.2) is 0 Å². The maximum atomic E-state index is 12.0. The fourth-order valence-corrected chi connectivity index (χ4v) is 2.55. The van der Waals surface area contributed by atoms with Crippen molar-refractivity contribution in [3.63, 3.8) is 0 Å². The highest BCUT2D eigenvalue weighted by Gasteiger charge is 2.36. The van der Waals surface area contributed by atoms with E-state index in [1.54, 1.807) is 4.90 Å². The van der Waals surface area contributed by atoms with Crippen molar-refractivity contribution < 1.29 is 14.7 Å². The number of carboxylic acid groups (broad SMARTS) is 1. The Kier molecular flexibility index (Phi) is 3.80. The number of amides is 1. The Hall–Kier alpha value is -1.56. The van der Waals surface area contributed by atoms with Crippen molar-refractivity contribution in [3.8, 4) is 0 Å². The molecule has 1 unspecified atom stereocenters. The molecule has 0 bridgehead atoms. The van der Waals surface area contributed by atoms with Gasteiger partial charge in [0.2, 0.25) is 5.91 Å². The summed E-state index contributed by atoms with van der Waals surface area (Å²) in [5, 5.41) is 9.03. The van der Waals surface area contributed by atoms with E-state index in [4.69, 9.17) is 5.11 Å². The van der Waals surface area contributed by atoms with Crippen molar-refractivity contribution in [1.29, 1.82) is 0 Å². The highest BCUT2D eigenvalue weighted by atomic mass is 79.9. The Morgan fingerprint density at radius 3 is 2.68 bits per heavy atom. The van der Waals surface area contributed by atoms with E-state index in [0.29, 0.717) is 0 Å². The van der Waals surface area contributed by atoms with Crippen LogP contribution in [0.15, 0.2) is 22.7 Å². The van der Waals surface area contributed by atoms with E-state index < -0.39 is 11.9 Å². The Morgan fingerprint density at radius 1 is 1.47 bits per heavy atom. The van der Waals surface area contributed by atoms with Crippen molar-refractivity contribution >= 4 is 39.2 Å². The van der Waals surface area contributed by atoms with E-state index >= 15 is 0 Å². The molecule has 0 aliphatic carbocycles. The van der Waals surface area contributed by atoms with Gasteiger partial charge in [-0.25, -0.2) is 0 Å². The maximum Gasteiger partial charge on any atom is 0.308 e. The van der Waals surface area contributed by atoms with Gasteiger partial charge in [-0.1, -0.05) is 15.9 Å². The van der Waals surface area contributed by atoms with Gasteiger partial charge < -0.3 is 14.9 Å². The van der Waals surface area contributed by atoms with Gasteiger partial charge in [-0.3, -0.25) is 9.59 Å². The number of hydrogen-bond acceptors (Lipinski definition) is 3. The minimum Gasteiger partial charge on any atom is -0.481 e. The van der Waals surface area contributed by atoms with Gasteiger partial charge in [-0.15, -0.1) is 0 Å². The second-order valence-electron chi connectivity index (χ2n) is 4.77. The number of rotatable bonds is 3. The molecule has 1 aromatic carbocycles. The number of anilines is 2. The van der Waals surface area contributed by atoms with Crippen molar-refractivity contribution in [2.45, 2.75) is 6.42 Å². The van der Waals surface area contributed by atoms with E-state index in [2.05, 4.69) is 15.9 Å². The summed E-state index contributed by atoms with van der Waals surface area (Å²) in [6.45, 7) is 0.228. The average molecular weight is 327 g/mol. The Balaban J connectivity index is 2.39. The zero-order chi connectivity index (χ0) is 14.2. The summed E-state index contributed by atoms with van der Waals surface area (Å²) in [5.41, 5.74) is 1.63. The van der Waals surface area contributed by atoms with Crippen molar-refractivity contribution in [1.82, 2.24) is 0 Å². The number of aliphatic carboxylic acids is 1. The van der Waals surface area contributed by atoms with Crippen molar-refractivity contribution in [2.75, 3.05) is 30.4 Å². The predicted octanol–water partition coefficient (Wildman–Crippen LogP) is 1.95. The second-order valence-corrected chi connectivity index (χ2v) is 5.69. The molecule has 6 heteroatoms. The van der Waals surface area contributed by atoms with Crippen LogP contribution in [0.2, 0.25) is 0 Å². The zero-order valence-electron chi connectivity index (χ0n) is 10.8. The summed E-state index contributed by atoms with van der Waals surface area (Å²) in [6, 6.07) is 5.65. The first-order valence-corrected chi connectivity index (χ1v) is 6.69. The molecule has 0 saturated carbocycles. The third-order valence-electron chi connectivity index (χ3n) is 3.18. The lowest BCUT2D eigenvalue weighted by molar-refractivity contribution is -0.141. The Morgan fingerprint density at radius 2 is 2.16 bits per heavy atom. The number of carbonyl (C=O) groups excluding carboxylic acids is 1. The highest BCUT2D eigenvalue weighted by molar-refractivity contribution is 9.10. The summed E-state index contributed by atoms with van der Waals surface area (Å²) in [5.74, 6) is -1.69. The van der Waals surface area contributed by atoms with Crippen molar-refractivity contribution in [2.24, 2.45) is 5.92 Å². The zero-order valence-corrected chi connectivity index (χ0v) is 12.3. The number of benzene rings is 1. The predicted molar refractivity (Wildman–Crippen MR) is 76.6 cm³/mol. The van der Waals surface area contributed by atoms with E-state index in [1.165, 1.54) is 0 Å². The fourth-order valence-electron chi connectivity index (χ4n) is 2.20. The van der Waals surface area contributed by atoms with Gasteiger partial charge in [0.1, 0.15) is 0 Å². The molecule has 0 radical (unpaired) electrons. The molecule has 1 saturated heterocycles. The van der Waals surface area contributed by atoms with E-state index in [1.807, 2.05) is 37.2 Å². The number of halogens is 1. The third kappa shape index (κ3) is 2.73. The van der Waals surface area contributed by atoms with E-state index in [9.17, 15) is 9.59 Å². The summed E-state index contributed by atoms with van der Waals surface area (Å²) >= 11 is 3.38. The van der Waals surface area contributed by atoms with Crippen LogP contribution >= 0.6 is 15.9 Å². The SMILES string of the molecule is CN(C)c1ccc(Br)cc1N1CC(C(=O)O)CC1=O. The van der Waals surface area contributed by atoms with E-state index in [-0.39, 0.29) is 18.9 Å². The molecule has 102 valence electrons. The smallest absolute Gasteiger partial charge is 0.308 e. The normalized spacial score (nSPS) is 18.8. The molecule has 0 spiro atoms. The van der Waals surface area contributed by atoms with Crippen LogP contribution < -0.4 is 9.80 Å². The van der Waals surface area contributed by atoms with Crippen LogP contribution in [0.3, 0.4) is 0 Å². The van der Waals surface area contributed by atoms with Gasteiger partial charge in [-0.05, 0) is 18.2 Å². The lowest BCUT2D eigenvalue weighted by atomic mass is 10.1. The van der Waals surface area contributed by atoms with E-state index in [0.717, 1.165) is 15.8 Å². The molecule has 1 amide bonds. The lowest BCUT2D eigenvalue weighted by Gasteiger charge is -2.24. The maximum absolute atomic E-state index is 12.0. The summed E-state index contributed by atoms with van der Waals surface area (Å²) < 4.78 is 0.861. The highest BCUT2D eigenvalue weighted by Crippen LogP contribution is 2.35.